The second-order valence-electron chi connectivity index (χ2n) is 6.05. The highest BCUT2D eigenvalue weighted by atomic mass is 79.9. The molecule has 19 heavy (non-hydrogen) atoms. The molecule has 0 spiro atoms. The smallest absolute Gasteiger partial charge is 0.0701 e. The van der Waals surface area contributed by atoms with Crippen molar-refractivity contribution >= 4 is 15.9 Å². The Morgan fingerprint density at radius 1 is 1.53 bits per heavy atom. The molecule has 0 aliphatic heterocycles. The van der Waals surface area contributed by atoms with E-state index in [2.05, 4.69) is 63.9 Å². The van der Waals surface area contributed by atoms with Gasteiger partial charge in [-0.25, -0.2) is 0 Å². The lowest BCUT2D eigenvalue weighted by atomic mass is 9.95. The number of aromatic nitrogens is 2. The third-order valence-electron chi connectivity index (χ3n) is 4.01. The number of halogens is 1. The van der Waals surface area contributed by atoms with Crippen molar-refractivity contribution < 1.29 is 0 Å². The summed E-state index contributed by atoms with van der Waals surface area (Å²) in [6.07, 6.45) is 4.53. The van der Waals surface area contributed by atoms with Crippen LogP contribution in [0.25, 0.3) is 0 Å². The van der Waals surface area contributed by atoms with E-state index in [4.69, 9.17) is 0 Å². The quantitative estimate of drug-likeness (QED) is 0.835. The molecule has 0 saturated heterocycles. The molecule has 0 bridgehead atoms. The summed E-state index contributed by atoms with van der Waals surface area (Å²) >= 11 is 3.68. The van der Waals surface area contributed by atoms with Gasteiger partial charge in [0.05, 0.1) is 29.0 Å². The molecule has 1 atom stereocenters. The number of likely N-dealkylation sites (N-methyl/N-ethyl adjacent to an activating group) is 1. The second-order valence-corrected chi connectivity index (χ2v) is 6.90. The average molecular weight is 329 g/mol. The maximum absolute atomic E-state index is 4.54. The first-order valence-corrected chi connectivity index (χ1v) is 7.86. The van der Waals surface area contributed by atoms with E-state index >= 15 is 0 Å². The number of hydrogen-bond donors (Lipinski definition) is 1. The molecule has 1 aromatic rings. The van der Waals surface area contributed by atoms with Crippen molar-refractivity contribution in [2.75, 3.05) is 27.2 Å². The first-order chi connectivity index (χ1) is 8.98. The van der Waals surface area contributed by atoms with Crippen LogP contribution in [0.5, 0.6) is 0 Å². The van der Waals surface area contributed by atoms with Crippen LogP contribution in [-0.2, 0) is 6.54 Å². The molecular weight excluding hydrogens is 304 g/mol. The summed E-state index contributed by atoms with van der Waals surface area (Å²) < 4.78 is 3.28. The van der Waals surface area contributed by atoms with Crippen LogP contribution in [0, 0.1) is 5.41 Å². The molecule has 0 amide bonds. The van der Waals surface area contributed by atoms with Crippen molar-refractivity contribution in [2.24, 2.45) is 5.41 Å². The Bertz CT molecular complexity index is 423. The number of rotatable bonds is 7. The predicted molar refractivity (Wildman–Crippen MR) is 82.2 cm³/mol. The van der Waals surface area contributed by atoms with Crippen LogP contribution < -0.4 is 5.32 Å². The number of hydrogen-bond acceptors (Lipinski definition) is 3. The van der Waals surface area contributed by atoms with E-state index in [1.807, 2.05) is 6.20 Å². The van der Waals surface area contributed by atoms with Gasteiger partial charge in [-0.15, -0.1) is 0 Å². The molecule has 1 aliphatic carbocycles. The minimum Gasteiger partial charge on any atom is -0.308 e. The SMILES string of the molecule is CCNC(c1c(Br)cnn1CCN(C)C)C1(C)CC1. The van der Waals surface area contributed by atoms with E-state index in [1.165, 1.54) is 18.5 Å². The van der Waals surface area contributed by atoms with Gasteiger partial charge in [0.15, 0.2) is 0 Å². The van der Waals surface area contributed by atoms with E-state index in [0.717, 1.165) is 24.1 Å². The summed E-state index contributed by atoms with van der Waals surface area (Å²) in [7, 11) is 4.20. The Kier molecular flexibility index (Phi) is 4.69. The standard InChI is InChI=1S/C14H25BrN4/c1-5-16-13(14(2)6-7-14)12-11(15)10-17-19(12)9-8-18(3)4/h10,13,16H,5-9H2,1-4H3. The summed E-state index contributed by atoms with van der Waals surface area (Å²) in [6.45, 7) is 7.48. The normalized spacial score (nSPS) is 18.8. The van der Waals surface area contributed by atoms with E-state index in [1.54, 1.807) is 0 Å². The topological polar surface area (TPSA) is 33.1 Å². The fourth-order valence-electron chi connectivity index (χ4n) is 2.49. The van der Waals surface area contributed by atoms with Crippen molar-refractivity contribution in [3.05, 3.63) is 16.4 Å². The summed E-state index contributed by atoms with van der Waals surface area (Å²) in [5, 5.41) is 8.19. The largest absolute Gasteiger partial charge is 0.308 e. The van der Waals surface area contributed by atoms with Crippen LogP contribution in [-0.4, -0.2) is 41.9 Å². The van der Waals surface area contributed by atoms with Gasteiger partial charge in [-0.05, 0) is 54.8 Å². The lowest BCUT2D eigenvalue weighted by molar-refractivity contribution is 0.326. The van der Waals surface area contributed by atoms with Crippen molar-refractivity contribution in [3.8, 4) is 0 Å². The van der Waals surface area contributed by atoms with Crippen LogP contribution in [0.3, 0.4) is 0 Å². The highest BCUT2D eigenvalue weighted by molar-refractivity contribution is 9.10. The fraction of sp³-hybridized carbons (Fsp3) is 0.786. The molecule has 1 fully saturated rings. The monoisotopic (exact) mass is 328 g/mol. The molecule has 1 heterocycles. The van der Waals surface area contributed by atoms with Gasteiger partial charge in [0, 0.05) is 6.54 Å². The third kappa shape index (κ3) is 3.38. The summed E-state index contributed by atoms with van der Waals surface area (Å²) in [5.41, 5.74) is 1.71. The van der Waals surface area contributed by atoms with E-state index in [0.29, 0.717) is 11.5 Å². The zero-order valence-electron chi connectivity index (χ0n) is 12.4. The second kappa shape index (κ2) is 5.94. The Balaban J connectivity index is 2.23. The molecule has 1 N–H and O–H groups in total. The summed E-state index contributed by atoms with van der Waals surface area (Å²) in [5.74, 6) is 0. The summed E-state index contributed by atoms with van der Waals surface area (Å²) in [4.78, 5) is 2.19. The van der Waals surface area contributed by atoms with Crippen LogP contribution in [0.4, 0.5) is 0 Å². The minimum absolute atomic E-state index is 0.397. The van der Waals surface area contributed by atoms with Crippen molar-refractivity contribution in [2.45, 2.75) is 39.3 Å². The van der Waals surface area contributed by atoms with Crippen LogP contribution in [0.1, 0.15) is 38.4 Å². The number of nitrogens with one attached hydrogen (secondary N) is 1. The minimum atomic E-state index is 0.397. The molecule has 4 nitrogen and oxygen atoms in total. The molecule has 0 aromatic carbocycles. The maximum Gasteiger partial charge on any atom is 0.0701 e. The van der Waals surface area contributed by atoms with E-state index in [9.17, 15) is 0 Å². The van der Waals surface area contributed by atoms with Gasteiger partial charge >= 0.3 is 0 Å². The summed E-state index contributed by atoms with van der Waals surface area (Å²) in [6, 6.07) is 0.400. The zero-order chi connectivity index (χ0) is 14.0. The van der Waals surface area contributed by atoms with E-state index < -0.39 is 0 Å². The van der Waals surface area contributed by atoms with Gasteiger partial charge in [-0.2, -0.15) is 5.10 Å². The van der Waals surface area contributed by atoms with Crippen molar-refractivity contribution in [1.82, 2.24) is 20.0 Å². The molecule has 0 radical (unpaired) electrons. The van der Waals surface area contributed by atoms with Gasteiger partial charge in [0.2, 0.25) is 0 Å². The van der Waals surface area contributed by atoms with Gasteiger partial charge in [-0.3, -0.25) is 4.68 Å². The molecule has 108 valence electrons. The molecule has 5 heteroatoms. The molecule has 2 rings (SSSR count). The van der Waals surface area contributed by atoms with Crippen molar-refractivity contribution in [1.29, 1.82) is 0 Å². The van der Waals surface area contributed by atoms with Crippen LogP contribution in [0.15, 0.2) is 10.7 Å². The molecule has 1 unspecified atom stereocenters. The number of nitrogens with zero attached hydrogens (tertiary/aromatic N) is 3. The molecule has 1 aliphatic rings. The molecule has 1 saturated carbocycles. The van der Waals surface area contributed by atoms with E-state index in [-0.39, 0.29) is 0 Å². The Morgan fingerprint density at radius 2 is 2.21 bits per heavy atom. The Morgan fingerprint density at radius 3 is 2.74 bits per heavy atom. The van der Waals surface area contributed by atoms with Gasteiger partial charge in [0.25, 0.3) is 0 Å². The highest BCUT2D eigenvalue weighted by Gasteiger charge is 2.47. The molecular formula is C14H25BrN4. The lowest BCUT2D eigenvalue weighted by Gasteiger charge is -2.26. The predicted octanol–water partition coefficient (Wildman–Crippen LogP) is 2.66. The van der Waals surface area contributed by atoms with Gasteiger partial charge in [-0.1, -0.05) is 13.8 Å². The van der Waals surface area contributed by atoms with Gasteiger partial charge in [0.1, 0.15) is 0 Å². The Labute approximate surface area is 124 Å². The fourth-order valence-corrected chi connectivity index (χ4v) is 3.02. The first kappa shape index (κ1) is 15.0. The average Bonchev–Trinajstić information content (AvgIpc) is 2.99. The zero-order valence-corrected chi connectivity index (χ0v) is 14.0. The Hall–Kier alpha value is -0.390. The maximum atomic E-state index is 4.54. The molecule has 1 aromatic heterocycles. The lowest BCUT2D eigenvalue weighted by Crippen LogP contribution is -2.31. The third-order valence-corrected chi connectivity index (χ3v) is 4.62. The highest BCUT2D eigenvalue weighted by Crippen LogP contribution is 2.55. The van der Waals surface area contributed by atoms with Crippen LogP contribution in [0.2, 0.25) is 0 Å². The first-order valence-electron chi connectivity index (χ1n) is 7.07. The van der Waals surface area contributed by atoms with Gasteiger partial charge < -0.3 is 10.2 Å². The van der Waals surface area contributed by atoms with Crippen molar-refractivity contribution in [3.63, 3.8) is 0 Å². The van der Waals surface area contributed by atoms with Crippen LogP contribution >= 0.6 is 15.9 Å².